The molecule has 0 aliphatic rings. The number of hydrogen-bond acceptors (Lipinski definition) is 3. The Bertz CT molecular complexity index is 777. The molecular formula is C20H24FN3O2. The van der Waals surface area contributed by atoms with Gasteiger partial charge in [0.2, 0.25) is 0 Å². The van der Waals surface area contributed by atoms with Gasteiger partial charge >= 0.3 is 0 Å². The summed E-state index contributed by atoms with van der Waals surface area (Å²) < 4.78 is 13.7. The van der Waals surface area contributed by atoms with E-state index in [9.17, 15) is 14.0 Å². The van der Waals surface area contributed by atoms with Crippen molar-refractivity contribution in [3.63, 3.8) is 0 Å². The van der Waals surface area contributed by atoms with Crippen LogP contribution in [0.5, 0.6) is 0 Å². The van der Waals surface area contributed by atoms with Gasteiger partial charge in [0.25, 0.3) is 11.8 Å². The second-order valence-electron chi connectivity index (χ2n) is 5.97. The number of aryl methyl sites for hydroxylation is 1. The third kappa shape index (κ3) is 5.39. The Morgan fingerprint density at radius 2 is 1.77 bits per heavy atom. The van der Waals surface area contributed by atoms with Crippen molar-refractivity contribution in [1.82, 2.24) is 10.6 Å². The lowest BCUT2D eigenvalue weighted by Crippen LogP contribution is -2.32. The van der Waals surface area contributed by atoms with Gasteiger partial charge in [0.15, 0.2) is 0 Å². The Morgan fingerprint density at radius 1 is 1.00 bits per heavy atom. The summed E-state index contributed by atoms with van der Waals surface area (Å²) in [5.41, 5.74) is 1.67. The maximum Gasteiger partial charge on any atom is 0.258 e. The van der Waals surface area contributed by atoms with Crippen LogP contribution in [0, 0.1) is 12.7 Å². The Hall–Kier alpha value is -2.73. The average molecular weight is 357 g/mol. The fourth-order valence-electron chi connectivity index (χ4n) is 2.40. The van der Waals surface area contributed by atoms with Crippen LogP contribution in [0.1, 0.15) is 39.6 Å². The molecular weight excluding hydrogens is 333 g/mol. The SMILES string of the molecule is CCCNCCNC(=O)c1ccc(C)c(NC(=O)c2ccccc2F)c1. The smallest absolute Gasteiger partial charge is 0.258 e. The number of halogens is 1. The molecule has 2 rings (SSSR count). The van der Waals surface area contributed by atoms with Crippen molar-refractivity contribution in [3.05, 3.63) is 65.0 Å². The summed E-state index contributed by atoms with van der Waals surface area (Å²) in [6, 6.07) is 10.8. The summed E-state index contributed by atoms with van der Waals surface area (Å²) in [7, 11) is 0. The molecule has 3 N–H and O–H groups in total. The van der Waals surface area contributed by atoms with E-state index in [4.69, 9.17) is 0 Å². The van der Waals surface area contributed by atoms with Gasteiger partial charge in [-0.2, -0.15) is 0 Å². The molecule has 0 atom stereocenters. The predicted molar refractivity (Wildman–Crippen MR) is 101 cm³/mol. The number of amides is 2. The number of carbonyl (C=O) groups excluding carboxylic acids is 2. The topological polar surface area (TPSA) is 70.2 Å². The molecule has 0 saturated carbocycles. The average Bonchev–Trinajstić information content (AvgIpc) is 2.63. The summed E-state index contributed by atoms with van der Waals surface area (Å²) in [6.45, 7) is 6.01. The summed E-state index contributed by atoms with van der Waals surface area (Å²) >= 11 is 0. The molecule has 2 aromatic rings. The molecule has 0 bridgehead atoms. The lowest BCUT2D eigenvalue weighted by Gasteiger charge is -2.12. The van der Waals surface area contributed by atoms with Gasteiger partial charge < -0.3 is 16.0 Å². The van der Waals surface area contributed by atoms with Crippen molar-refractivity contribution in [1.29, 1.82) is 0 Å². The largest absolute Gasteiger partial charge is 0.351 e. The first-order valence-corrected chi connectivity index (χ1v) is 8.68. The van der Waals surface area contributed by atoms with E-state index >= 15 is 0 Å². The van der Waals surface area contributed by atoms with E-state index in [0.717, 1.165) is 18.5 Å². The zero-order valence-corrected chi connectivity index (χ0v) is 15.1. The standard InChI is InChI=1S/C20H24FN3O2/c1-3-10-22-11-12-23-19(25)15-9-8-14(2)18(13-15)24-20(26)16-6-4-5-7-17(16)21/h4-9,13,22H,3,10-12H2,1-2H3,(H,23,25)(H,24,26). The van der Waals surface area contributed by atoms with Crippen LogP contribution >= 0.6 is 0 Å². The fourth-order valence-corrected chi connectivity index (χ4v) is 2.40. The van der Waals surface area contributed by atoms with Gasteiger partial charge in [-0.15, -0.1) is 0 Å². The predicted octanol–water partition coefficient (Wildman–Crippen LogP) is 3.12. The third-order valence-corrected chi connectivity index (χ3v) is 3.88. The van der Waals surface area contributed by atoms with E-state index in [0.29, 0.717) is 24.3 Å². The summed E-state index contributed by atoms with van der Waals surface area (Å²) in [5.74, 6) is -1.35. The van der Waals surface area contributed by atoms with Crippen molar-refractivity contribution in [2.75, 3.05) is 25.0 Å². The highest BCUT2D eigenvalue weighted by Crippen LogP contribution is 2.19. The molecule has 0 radical (unpaired) electrons. The Balaban J connectivity index is 2.04. The molecule has 0 saturated heterocycles. The number of benzene rings is 2. The number of nitrogens with one attached hydrogen (secondary N) is 3. The summed E-state index contributed by atoms with van der Waals surface area (Å²) in [5, 5.41) is 8.70. The van der Waals surface area contributed by atoms with Crippen molar-refractivity contribution < 1.29 is 14.0 Å². The normalized spacial score (nSPS) is 10.4. The highest BCUT2D eigenvalue weighted by Gasteiger charge is 2.14. The van der Waals surface area contributed by atoms with E-state index in [1.807, 2.05) is 6.92 Å². The van der Waals surface area contributed by atoms with Gasteiger partial charge in [-0.3, -0.25) is 9.59 Å². The molecule has 138 valence electrons. The maximum atomic E-state index is 13.7. The quantitative estimate of drug-likeness (QED) is 0.636. The van der Waals surface area contributed by atoms with Crippen LogP contribution in [0.2, 0.25) is 0 Å². The van der Waals surface area contributed by atoms with Crippen molar-refractivity contribution in [3.8, 4) is 0 Å². The first-order chi connectivity index (χ1) is 12.5. The van der Waals surface area contributed by atoms with Gasteiger partial charge in [0, 0.05) is 24.3 Å². The molecule has 0 aliphatic carbocycles. The Morgan fingerprint density at radius 3 is 2.50 bits per heavy atom. The van der Waals surface area contributed by atoms with E-state index in [1.165, 1.54) is 18.2 Å². The zero-order valence-electron chi connectivity index (χ0n) is 15.1. The van der Waals surface area contributed by atoms with E-state index in [-0.39, 0.29) is 11.5 Å². The lowest BCUT2D eigenvalue weighted by atomic mass is 10.1. The van der Waals surface area contributed by atoms with E-state index in [2.05, 4.69) is 22.9 Å². The minimum absolute atomic E-state index is 0.0382. The van der Waals surface area contributed by atoms with Crippen molar-refractivity contribution >= 4 is 17.5 Å². The van der Waals surface area contributed by atoms with Crippen LogP contribution < -0.4 is 16.0 Å². The second kappa shape index (κ2) is 9.68. The maximum absolute atomic E-state index is 13.7. The van der Waals surface area contributed by atoms with Crippen LogP contribution in [0.15, 0.2) is 42.5 Å². The van der Waals surface area contributed by atoms with E-state index in [1.54, 1.807) is 24.3 Å². The van der Waals surface area contributed by atoms with Crippen LogP contribution in [0.3, 0.4) is 0 Å². The lowest BCUT2D eigenvalue weighted by molar-refractivity contribution is 0.0952. The minimum atomic E-state index is -0.587. The van der Waals surface area contributed by atoms with Crippen molar-refractivity contribution in [2.24, 2.45) is 0 Å². The highest BCUT2D eigenvalue weighted by atomic mass is 19.1. The van der Waals surface area contributed by atoms with Gasteiger partial charge in [-0.25, -0.2) is 4.39 Å². The fraction of sp³-hybridized carbons (Fsp3) is 0.300. The molecule has 0 heterocycles. The molecule has 0 aliphatic heterocycles. The van der Waals surface area contributed by atoms with Crippen LogP contribution in [0.4, 0.5) is 10.1 Å². The molecule has 2 amide bonds. The second-order valence-corrected chi connectivity index (χ2v) is 5.97. The number of anilines is 1. The highest BCUT2D eigenvalue weighted by molar-refractivity contribution is 6.05. The summed E-state index contributed by atoms with van der Waals surface area (Å²) in [6.07, 6.45) is 1.04. The first kappa shape index (κ1) is 19.6. The van der Waals surface area contributed by atoms with Gasteiger partial charge in [-0.1, -0.05) is 25.1 Å². The molecule has 0 unspecified atom stereocenters. The molecule has 0 fully saturated rings. The number of hydrogen-bond donors (Lipinski definition) is 3. The zero-order chi connectivity index (χ0) is 18.9. The first-order valence-electron chi connectivity index (χ1n) is 8.68. The Kier molecular flexibility index (Phi) is 7.29. The number of carbonyl (C=O) groups is 2. The minimum Gasteiger partial charge on any atom is -0.351 e. The Labute approximate surface area is 153 Å². The van der Waals surface area contributed by atoms with Crippen LogP contribution in [0.25, 0.3) is 0 Å². The molecule has 0 aromatic heterocycles. The number of rotatable bonds is 8. The van der Waals surface area contributed by atoms with Gasteiger partial charge in [0.05, 0.1) is 5.56 Å². The van der Waals surface area contributed by atoms with Crippen LogP contribution in [-0.2, 0) is 0 Å². The van der Waals surface area contributed by atoms with Crippen molar-refractivity contribution in [2.45, 2.75) is 20.3 Å². The van der Waals surface area contributed by atoms with E-state index < -0.39 is 11.7 Å². The monoisotopic (exact) mass is 357 g/mol. The van der Waals surface area contributed by atoms with Crippen LogP contribution in [-0.4, -0.2) is 31.4 Å². The van der Waals surface area contributed by atoms with Gasteiger partial charge in [0.1, 0.15) is 5.82 Å². The molecule has 26 heavy (non-hydrogen) atoms. The summed E-state index contributed by atoms with van der Waals surface area (Å²) in [4.78, 5) is 24.5. The molecule has 5 nitrogen and oxygen atoms in total. The molecule has 6 heteroatoms. The molecule has 2 aromatic carbocycles. The van der Waals surface area contributed by atoms with Gasteiger partial charge in [-0.05, 0) is 49.7 Å². The molecule has 0 spiro atoms. The third-order valence-electron chi connectivity index (χ3n) is 3.88.